The van der Waals surface area contributed by atoms with E-state index in [9.17, 15) is 4.79 Å². The lowest BCUT2D eigenvalue weighted by Gasteiger charge is -2.19. The number of allylic oxidation sites excluding steroid dienone is 1. The number of rotatable bonds is 4. The number of esters is 1. The first-order chi connectivity index (χ1) is 7.22. The van der Waals surface area contributed by atoms with Crippen molar-refractivity contribution >= 4 is 5.97 Å². The number of ether oxygens (including phenoxy) is 1. The minimum Gasteiger partial charge on any atom is -0.461 e. The van der Waals surface area contributed by atoms with Crippen molar-refractivity contribution in [3.8, 4) is 0 Å². The molecule has 0 unspecified atom stereocenters. The Balaban J connectivity index is 2.40. The summed E-state index contributed by atoms with van der Waals surface area (Å²) in [6.45, 7) is 4.08. The van der Waals surface area contributed by atoms with Gasteiger partial charge in [-0.25, -0.2) is 0 Å². The first kappa shape index (κ1) is 12.3. The quantitative estimate of drug-likeness (QED) is 0.524. The van der Waals surface area contributed by atoms with E-state index < -0.39 is 0 Å². The summed E-state index contributed by atoms with van der Waals surface area (Å²) in [5.41, 5.74) is 1.28. The van der Waals surface area contributed by atoms with Gasteiger partial charge in [0.25, 0.3) is 0 Å². The molecule has 15 heavy (non-hydrogen) atoms. The molecule has 0 aromatic rings. The molecule has 1 saturated carbocycles. The van der Waals surface area contributed by atoms with Gasteiger partial charge in [-0.2, -0.15) is 0 Å². The fourth-order valence-corrected chi connectivity index (χ4v) is 2.10. The summed E-state index contributed by atoms with van der Waals surface area (Å²) in [5, 5.41) is 0. The first-order valence-electron chi connectivity index (χ1n) is 6.05. The molecule has 1 aliphatic carbocycles. The van der Waals surface area contributed by atoms with Crippen LogP contribution in [0.5, 0.6) is 0 Å². The van der Waals surface area contributed by atoms with Crippen molar-refractivity contribution in [1.82, 2.24) is 0 Å². The number of hydrogen-bond acceptors (Lipinski definition) is 2. The van der Waals surface area contributed by atoms with Crippen LogP contribution in [0.2, 0.25) is 0 Å². The molecule has 0 aliphatic heterocycles. The van der Waals surface area contributed by atoms with Crippen LogP contribution >= 0.6 is 0 Å². The van der Waals surface area contributed by atoms with E-state index in [2.05, 4.69) is 13.0 Å². The Hall–Kier alpha value is -0.790. The largest absolute Gasteiger partial charge is 0.461 e. The molecule has 86 valence electrons. The van der Waals surface area contributed by atoms with E-state index in [1.165, 1.54) is 44.6 Å². The molecular weight excluding hydrogens is 188 g/mol. The van der Waals surface area contributed by atoms with Crippen molar-refractivity contribution in [1.29, 1.82) is 0 Å². The van der Waals surface area contributed by atoms with E-state index in [1.807, 2.05) is 0 Å². The fraction of sp³-hybridized carbons (Fsp3) is 0.769. The molecule has 0 bridgehead atoms. The van der Waals surface area contributed by atoms with Crippen LogP contribution in [-0.4, -0.2) is 12.6 Å². The average molecular weight is 210 g/mol. The Morgan fingerprint density at radius 1 is 1.33 bits per heavy atom. The molecule has 0 N–H and O–H groups in total. The molecule has 2 heteroatoms. The highest BCUT2D eigenvalue weighted by molar-refractivity contribution is 5.66. The van der Waals surface area contributed by atoms with E-state index in [0.717, 1.165) is 12.3 Å². The topological polar surface area (TPSA) is 26.3 Å². The zero-order valence-corrected chi connectivity index (χ0v) is 9.92. The maximum atomic E-state index is 10.7. The molecule has 1 rings (SSSR count). The third-order valence-corrected chi connectivity index (χ3v) is 3.04. The second kappa shape index (κ2) is 6.65. The van der Waals surface area contributed by atoms with Gasteiger partial charge >= 0.3 is 5.97 Å². The normalized spacial score (nSPS) is 18.9. The van der Waals surface area contributed by atoms with E-state index >= 15 is 0 Å². The highest BCUT2D eigenvalue weighted by atomic mass is 16.5. The van der Waals surface area contributed by atoms with E-state index in [1.54, 1.807) is 0 Å². The van der Waals surface area contributed by atoms with Crippen molar-refractivity contribution in [2.24, 2.45) is 5.92 Å². The average Bonchev–Trinajstić information content (AvgIpc) is 2.25. The van der Waals surface area contributed by atoms with Crippen LogP contribution in [0.25, 0.3) is 0 Å². The second-order valence-electron chi connectivity index (χ2n) is 4.36. The molecule has 0 aromatic carbocycles. The molecule has 1 aliphatic rings. The van der Waals surface area contributed by atoms with Crippen LogP contribution in [0, 0.1) is 5.92 Å². The lowest BCUT2D eigenvalue weighted by Crippen LogP contribution is -2.07. The lowest BCUT2D eigenvalue weighted by molar-refractivity contribution is -0.140. The van der Waals surface area contributed by atoms with Gasteiger partial charge in [-0.1, -0.05) is 32.3 Å². The van der Waals surface area contributed by atoms with Crippen molar-refractivity contribution in [3.63, 3.8) is 0 Å². The van der Waals surface area contributed by atoms with Crippen LogP contribution in [0.1, 0.15) is 52.4 Å². The molecule has 0 amide bonds. The summed E-state index contributed by atoms with van der Waals surface area (Å²) in [6, 6.07) is 0. The van der Waals surface area contributed by atoms with Gasteiger partial charge in [0.05, 0.1) is 0 Å². The van der Waals surface area contributed by atoms with Crippen molar-refractivity contribution < 1.29 is 9.53 Å². The van der Waals surface area contributed by atoms with Gasteiger partial charge in [-0.05, 0) is 30.8 Å². The maximum Gasteiger partial charge on any atom is 0.302 e. The predicted octanol–water partition coefficient (Wildman–Crippen LogP) is 3.47. The maximum absolute atomic E-state index is 10.7. The van der Waals surface area contributed by atoms with Crippen molar-refractivity contribution in [3.05, 3.63) is 11.6 Å². The summed E-state index contributed by atoms with van der Waals surface area (Å²) in [6.07, 6.45) is 10.0. The van der Waals surface area contributed by atoms with Crippen LogP contribution in [0.4, 0.5) is 0 Å². The molecule has 0 heterocycles. The smallest absolute Gasteiger partial charge is 0.302 e. The molecule has 0 atom stereocenters. The summed E-state index contributed by atoms with van der Waals surface area (Å²) in [5.74, 6) is 0.544. The van der Waals surface area contributed by atoms with Crippen molar-refractivity contribution in [2.45, 2.75) is 52.4 Å². The summed E-state index contributed by atoms with van der Waals surface area (Å²) >= 11 is 0. The molecule has 0 spiro atoms. The molecule has 2 nitrogen and oxygen atoms in total. The Bertz CT molecular complexity index is 225. The van der Waals surface area contributed by atoms with Gasteiger partial charge in [-0.15, -0.1) is 0 Å². The zero-order chi connectivity index (χ0) is 11.1. The number of carbonyl (C=O) groups excluding carboxylic acids is 1. The second-order valence-corrected chi connectivity index (χ2v) is 4.36. The van der Waals surface area contributed by atoms with Gasteiger partial charge in [0.15, 0.2) is 0 Å². The van der Waals surface area contributed by atoms with Crippen LogP contribution in [0.15, 0.2) is 11.6 Å². The minimum absolute atomic E-state index is 0.182. The van der Waals surface area contributed by atoms with Crippen LogP contribution < -0.4 is 0 Å². The van der Waals surface area contributed by atoms with Crippen molar-refractivity contribution in [2.75, 3.05) is 6.61 Å². The van der Waals surface area contributed by atoms with E-state index in [0.29, 0.717) is 6.61 Å². The highest BCUT2D eigenvalue weighted by Gasteiger charge is 2.11. The zero-order valence-electron chi connectivity index (χ0n) is 9.92. The first-order valence-corrected chi connectivity index (χ1v) is 6.05. The van der Waals surface area contributed by atoms with Gasteiger partial charge in [0.1, 0.15) is 6.61 Å². The molecule has 0 radical (unpaired) electrons. The van der Waals surface area contributed by atoms with E-state index in [4.69, 9.17) is 4.74 Å². The standard InChI is InChI=1S/C13H22O2/c1-3-12(10-15-11(2)14)9-13-7-5-4-6-8-13/h9,13H,3-8,10H2,1-2H3. The van der Waals surface area contributed by atoms with Gasteiger partial charge < -0.3 is 4.74 Å². The predicted molar refractivity (Wildman–Crippen MR) is 61.6 cm³/mol. The summed E-state index contributed by atoms with van der Waals surface area (Å²) in [7, 11) is 0. The molecular formula is C13H22O2. The molecule has 1 fully saturated rings. The highest BCUT2D eigenvalue weighted by Crippen LogP contribution is 2.26. The Kier molecular flexibility index (Phi) is 5.44. The van der Waals surface area contributed by atoms with Crippen LogP contribution in [-0.2, 0) is 9.53 Å². The third-order valence-electron chi connectivity index (χ3n) is 3.04. The third kappa shape index (κ3) is 5.01. The molecule has 0 saturated heterocycles. The SMILES string of the molecule is CCC(=CC1CCCCC1)COC(C)=O. The monoisotopic (exact) mass is 210 g/mol. The minimum atomic E-state index is -0.182. The van der Waals surface area contributed by atoms with Crippen LogP contribution in [0.3, 0.4) is 0 Å². The lowest BCUT2D eigenvalue weighted by atomic mass is 9.87. The van der Waals surface area contributed by atoms with Gasteiger partial charge in [-0.3, -0.25) is 4.79 Å². The Labute approximate surface area is 92.7 Å². The van der Waals surface area contributed by atoms with Gasteiger partial charge in [0.2, 0.25) is 0 Å². The van der Waals surface area contributed by atoms with E-state index in [-0.39, 0.29) is 5.97 Å². The summed E-state index contributed by atoms with van der Waals surface area (Å²) in [4.78, 5) is 10.7. The Morgan fingerprint density at radius 3 is 2.53 bits per heavy atom. The van der Waals surface area contributed by atoms with Gasteiger partial charge in [0, 0.05) is 6.92 Å². The fourth-order valence-electron chi connectivity index (χ4n) is 2.10. The number of carbonyl (C=O) groups is 1. The number of hydrogen-bond donors (Lipinski definition) is 0. The summed E-state index contributed by atoms with van der Waals surface area (Å²) < 4.78 is 5.03. The Morgan fingerprint density at radius 2 is 2.00 bits per heavy atom. The molecule has 0 aromatic heterocycles.